The summed E-state index contributed by atoms with van der Waals surface area (Å²) < 4.78 is 15.0. The van der Waals surface area contributed by atoms with E-state index in [0.29, 0.717) is 17.7 Å². The maximum Gasteiger partial charge on any atom is 0.273 e. The van der Waals surface area contributed by atoms with Crippen molar-refractivity contribution < 1.29 is 18.8 Å². The number of fused-ring (bicyclic) bond motifs is 1. The molecule has 0 aliphatic heterocycles. The first kappa shape index (κ1) is 26.5. The first-order chi connectivity index (χ1) is 18.1. The van der Waals surface area contributed by atoms with E-state index in [0.717, 1.165) is 11.1 Å². The summed E-state index contributed by atoms with van der Waals surface area (Å²) in [5, 5.41) is 13.2. The maximum atomic E-state index is 13.4. The Morgan fingerprint density at radius 3 is 2.37 bits per heavy atom. The zero-order valence-electron chi connectivity index (χ0n) is 21.4. The minimum absolute atomic E-state index is 0.164. The summed E-state index contributed by atoms with van der Waals surface area (Å²) in [6.07, 6.45) is 1.55. The first-order valence-corrected chi connectivity index (χ1v) is 12.1. The molecule has 10 heteroatoms. The minimum atomic E-state index is -0.946. The molecule has 0 radical (unpaired) electrons. The monoisotopic (exact) mass is 516 g/mol. The van der Waals surface area contributed by atoms with Crippen LogP contribution in [0.4, 0.5) is 10.2 Å². The molecule has 3 amide bonds. The van der Waals surface area contributed by atoms with Crippen molar-refractivity contribution in [3.63, 3.8) is 0 Å². The highest BCUT2D eigenvalue weighted by Crippen LogP contribution is 2.23. The number of aromatic nitrogens is 3. The molecule has 196 valence electrons. The Kier molecular flexibility index (Phi) is 7.80. The van der Waals surface area contributed by atoms with Crippen LogP contribution < -0.4 is 16.0 Å². The van der Waals surface area contributed by atoms with Gasteiger partial charge in [0.15, 0.2) is 5.69 Å². The van der Waals surface area contributed by atoms with Gasteiger partial charge in [-0.15, -0.1) is 0 Å². The van der Waals surface area contributed by atoms with Gasteiger partial charge in [0.2, 0.25) is 11.8 Å². The molecule has 0 saturated heterocycles. The van der Waals surface area contributed by atoms with Crippen LogP contribution in [-0.2, 0) is 16.1 Å². The fourth-order valence-corrected chi connectivity index (χ4v) is 3.95. The van der Waals surface area contributed by atoms with E-state index < -0.39 is 29.2 Å². The lowest BCUT2D eigenvalue weighted by molar-refractivity contribution is -0.127. The van der Waals surface area contributed by atoms with Crippen LogP contribution in [0.25, 0.3) is 10.9 Å². The van der Waals surface area contributed by atoms with E-state index in [9.17, 15) is 18.8 Å². The molecule has 2 aromatic heterocycles. The molecule has 4 aromatic rings. The fraction of sp³-hybridized carbons (Fsp3) is 0.250. The maximum absolute atomic E-state index is 13.4. The van der Waals surface area contributed by atoms with Crippen LogP contribution in [0.1, 0.15) is 36.8 Å². The highest BCUT2D eigenvalue weighted by atomic mass is 19.1. The Bertz CT molecular complexity index is 1450. The summed E-state index contributed by atoms with van der Waals surface area (Å²) in [5.41, 5.74) is 1.05. The van der Waals surface area contributed by atoms with E-state index >= 15 is 0 Å². The summed E-state index contributed by atoms with van der Waals surface area (Å²) in [4.78, 5) is 42.8. The van der Waals surface area contributed by atoms with E-state index in [1.54, 1.807) is 53.3 Å². The third-order valence-electron chi connectivity index (χ3n) is 5.88. The summed E-state index contributed by atoms with van der Waals surface area (Å²) >= 11 is 0. The molecule has 0 fully saturated rings. The predicted octanol–water partition coefficient (Wildman–Crippen LogP) is 3.52. The van der Waals surface area contributed by atoms with Crippen molar-refractivity contribution >= 4 is 34.4 Å². The number of para-hydroxylation sites is 1. The number of hydrogen-bond acceptors (Lipinski definition) is 5. The van der Waals surface area contributed by atoms with Crippen molar-refractivity contribution in [2.45, 2.75) is 33.4 Å². The van der Waals surface area contributed by atoms with Crippen LogP contribution in [0, 0.1) is 11.2 Å². The van der Waals surface area contributed by atoms with Crippen molar-refractivity contribution in [3.05, 3.63) is 90.0 Å². The normalized spacial score (nSPS) is 12.1. The van der Waals surface area contributed by atoms with Gasteiger partial charge >= 0.3 is 0 Å². The SMILES string of the molecule is CC(C)(C)[C@H](NC(=O)c1nn(Cc2ccc(F)cc2)c2ccccc12)C(=O)NCC(=O)Nc1ccccn1. The van der Waals surface area contributed by atoms with Gasteiger partial charge < -0.3 is 16.0 Å². The lowest BCUT2D eigenvalue weighted by Crippen LogP contribution is -2.54. The number of anilines is 1. The van der Waals surface area contributed by atoms with Gasteiger partial charge in [-0.3, -0.25) is 19.1 Å². The average molecular weight is 517 g/mol. The number of carbonyl (C=O) groups is 3. The number of benzene rings is 2. The molecule has 4 rings (SSSR count). The average Bonchev–Trinajstić information content (AvgIpc) is 3.25. The molecule has 9 nitrogen and oxygen atoms in total. The Morgan fingerprint density at radius 2 is 1.68 bits per heavy atom. The van der Waals surface area contributed by atoms with Crippen LogP contribution in [0.3, 0.4) is 0 Å². The number of amides is 3. The van der Waals surface area contributed by atoms with Gasteiger partial charge in [-0.25, -0.2) is 9.37 Å². The molecule has 2 aromatic carbocycles. The summed E-state index contributed by atoms with van der Waals surface area (Å²) in [6, 6.07) is 17.5. The summed E-state index contributed by atoms with van der Waals surface area (Å²) in [5.74, 6) is -1.43. The van der Waals surface area contributed by atoms with Crippen molar-refractivity contribution in [1.29, 1.82) is 0 Å². The first-order valence-electron chi connectivity index (χ1n) is 12.1. The van der Waals surface area contributed by atoms with Crippen LogP contribution in [0.15, 0.2) is 72.9 Å². The molecule has 38 heavy (non-hydrogen) atoms. The third-order valence-corrected chi connectivity index (χ3v) is 5.88. The molecule has 0 bridgehead atoms. The topological polar surface area (TPSA) is 118 Å². The van der Waals surface area contributed by atoms with Gasteiger partial charge in [0.25, 0.3) is 5.91 Å². The molecular weight excluding hydrogens is 487 g/mol. The Labute approximate surface area is 219 Å². The van der Waals surface area contributed by atoms with Gasteiger partial charge in [-0.1, -0.05) is 57.2 Å². The molecule has 0 saturated carbocycles. The molecule has 1 atom stereocenters. The lowest BCUT2D eigenvalue weighted by atomic mass is 9.86. The molecule has 2 heterocycles. The number of carbonyl (C=O) groups excluding carboxylic acids is 3. The number of hydrogen-bond donors (Lipinski definition) is 3. The molecule has 0 aliphatic carbocycles. The highest BCUT2D eigenvalue weighted by molar-refractivity contribution is 6.06. The van der Waals surface area contributed by atoms with Gasteiger partial charge in [0.05, 0.1) is 18.6 Å². The lowest BCUT2D eigenvalue weighted by Gasteiger charge is -2.30. The number of nitrogens with zero attached hydrogens (tertiary/aromatic N) is 3. The standard InChI is InChI=1S/C28H29FN6O3/c1-28(2,3)25(27(38)31-16-23(36)32-22-10-6-7-15-30-22)33-26(37)24-20-8-4-5-9-21(20)35(34-24)17-18-11-13-19(29)14-12-18/h4-15,25H,16-17H2,1-3H3,(H,31,38)(H,33,37)(H,30,32,36)/t25-/m1/s1. The van der Waals surface area contributed by atoms with Crippen LogP contribution in [0.5, 0.6) is 0 Å². The van der Waals surface area contributed by atoms with Crippen LogP contribution in [-0.4, -0.2) is 45.1 Å². The predicted molar refractivity (Wildman–Crippen MR) is 142 cm³/mol. The zero-order chi connectivity index (χ0) is 27.3. The number of pyridine rings is 1. The van der Waals surface area contributed by atoms with E-state index in [1.807, 2.05) is 32.9 Å². The fourth-order valence-electron chi connectivity index (χ4n) is 3.95. The van der Waals surface area contributed by atoms with Gasteiger partial charge in [-0.2, -0.15) is 5.10 Å². The van der Waals surface area contributed by atoms with E-state index in [4.69, 9.17) is 0 Å². The third kappa shape index (κ3) is 6.39. The molecule has 0 spiro atoms. The number of rotatable bonds is 8. The zero-order valence-corrected chi connectivity index (χ0v) is 21.4. The highest BCUT2D eigenvalue weighted by Gasteiger charge is 2.34. The molecule has 3 N–H and O–H groups in total. The van der Waals surface area contributed by atoms with E-state index in [-0.39, 0.29) is 18.1 Å². The van der Waals surface area contributed by atoms with E-state index in [1.165, 1.54) is 12.1 Å². The van der Waals surface area contributed by atoms with Gasteiger partial charge in [-0.05, 0) is 41.3 Å². The molecular formula is C28H29FN6O3. The van der Waals surface area contributed by atoms with Gasteiger partial charge in [0, 0.05) is 11.6 Å². The second-order valence-corrected chi connectivity index (χ2v) is 9.90. The smallest absolute Gasteiger partial charge is 0.273 e. The van der Waals surface area contributed by atoms with E-state index in [2.05, 4.69) is 26.0 Å². The summed E-state index contributed by atoms with van der Waals surface area (Å²) in [7, 11) is 0. The Balaban J connectivity index is 1.50. The largest absolute Gasteiger partial charge is 0.345 e. The van der Waals surface area contributed by atoms with Crippen molar-refractivity contribution in [3.8, 4) is 0 Å². The second-order valence-electron chi connectivity index (χ2n) is 9.90. The number of halogens is 1. The Morgan fingerprint density at radius 1 is 0.974 bits per heavy atom. The molecule has 0 unspecified atom stereocenters. The van der Waals surface area contributed by atoms with Gasteiger partial charge in [0.1, 0.15) is 17.7 Å². The van der Waals surface area contributed by atoms with Crippen LogP contribution in [0.2, 0.25) is 0 Å². The van der Waals surface area contributed by atoms with Crippen LogP contribution >= 0.6 is 0 Å². The van der Waals surface area contributed by atoms with Crippen molar-refractivity contribution in [2.75, 3.05) is 11.9 Å². The Hall–Kier alpha value is -4.60. The van der Waals surface area contributed by atoms with Crippen molar-refractivity contribution in [1.82, 2.24) is 25.4 Å². The number of nitrogens with one attached hydrogen (secondary N) is 3. The minimum Gasteiger partial charge on any atom is -0.345 e. The van der Waals surface area contributed by atoms with Crippen molar-refractivity contribution in [2.24, 2.45) is 5.41 Å². The quantitative estimate of drug-likeness (QED) is 0.331. The molecule has 0 aliphatic rings. The second kappa shape index (κ2) is 11.2. The summed E-state index contributed by atoms with van der Waals surface area (Å²) in [6.45, 7) is 5.50.